The van der Waals surface area contributed by atoms with E-state index in [2.05, 4.69) is 5.32 Å². The molecular weight excluding hydrogens is 228 g/mol. The highest BCUT2D eigenvalue weighted by molar-refractivity contribution is 5.60. The van der Waals surface area contributed by atoms with E-state index in [4.69, 9.17) is 0 Å². The van der Waals surface area contributed by atoms with Crippen LogP contribution < -0.4 is 5.32 Å². The van der Waals surface area contributed by atoms with Crippen molar-refractivity contribution in [1.29, 1.82) is 0 Å². The van der Waals surface area contributed by atoms with Gasteiger partial charge in [-0.05, 0) is 24.3 Å². The van der Waals surface area contributed by atoms with Crippen molar-refractivity contribution in [3.8, 4) is 0 Å². The highest BCUT2D eigenvalue weighted by Crippen LogP contribution is 2.19. The lowest BCUT2D eigenvalue weighted by atomic mass is 10.2. The van der Waals surface area contributed by atoms with Gasteiger partial charge in [-0.2, -0.15) is 0 Å². The van der Waals surface area contributed by atoms with Gasteiger partial charge in [-0.3, -0.25) is 10.1 Å². The predicted molar refractivity (Wildman–Crippen MR) is 74.2 cm³/mol. The molecule has 4 nitrogen and oxygen atoms in total. The maximum absolute atomic E-state index is 10.5. The number of hydrogen-bond donors (Lipinski definition) is 1. The number of non-ortho nitro benzene ring substituents is 1. The highest BCUT2D eigenvalue weighted by atomic mass is 16.6. The molecule has 2 rings (SSSR count). The highest BCUT2D eigenvalue weighted by Gasteiger charge is 2.03. The molecule has 0 atom stereocenters. The summed E-state index contributed by atoms with van der Waals surface area (Å²) in [6, 6.07) is 16.0. The number of hydrogen-bond acceptors (Lipinski definition) is 3. The lowest BCUT2D eigenvalue weighted by Gasteiger charge is -2.05. The molecule has 0 fully saturated rings. The number of benzene rings is 2. The lowest BCUT2D eigenvalue weighted by molar-refractivity contribution is -0.384. The minimum Gasteiger partial charge on any atom is -0.356 e. The number of rotatable bonds is 3. The molecule has 18 heavy (non-hydrogen) atoms. The Morgan fingerprint density at radius 2 is 1.39 bits per heavy atom. The molecule has 94 valence electrons. The number of nitrogens with zero attached hydrogens (tertiary/aromatic N) is 1. The zero-order valence-corrected chi connectivity index (χ0v) is 10.5. The third kappa shape index (κ3) is 3.90. The van der Waals surface area contributed by atoms with Gasteiger partial charge in [0.2, 0.25) is 0 Å². The van der Waals surface area contributed by atoms with Crippen molar-refractivity contribution in [3.05, 3.63) is 64.7 Å². The average Bonchev–Trinajstić information content (AvgIpc) is 2.43. The number of anilines is 2. The van der Waals surface area contributed by atoms with Crippen molar-refractivity contribution >= 4 is 17.1 Å². The second-order valence-corrected chi connectivity index (χ2v) is 3.30. The van der Waals surface area contributed by atoms with Crippen molar-refractivity contribution in [3.63, 3.8) is 0 Å². The normalized spacial score (nSPS) is 9.00. The van der Waals surface area contributed by atoms with Crippen LogP contribution in [0.3, 0.4) is 0 Å². The first kappa shape index (κ1) is 13.7. The fraction of sp³-hybridized carbons (Fsp3) is 0.143. The van der Waals surface area contributed by atoms with E-state index in [0.717, 1.165) is 11.4 Å². The van der Waals surface area contributed by atoms with Crippen molar-refractivity contribution in [2.24, 2.45) is 0 Å². The quantitative estimate of drug-likeness (QED) is 0.644. The molecule has 0 bridgehead atoms. The van der Waals surface area contributed by atoms with Gasteiger partial charge in [0.15, 0.2) is 0 Å². The van der Waals surface area contributed by atoms with Gasteiger partial charge in [0.1, 0.15) is 0 Å². The topological polar surface area (TPSA) is 55.2 Å². The Hall–Kier alpha value is -2.36. The molecule has 4 heteroatoms. The van der Waals surface area contributed by atoms with E-state index in [1.165, 1.54) is 12.1 Å². The van der Waals surface area contributed by atoms with E-state index in [1.54, 1.807) is 12.1 Å². The van der Waals surface area contributed by atoms with Crippen LogP contribution in [0.5, 0.6) is 0 Å². The van der Waals surface area contributed by atoms with Crippen LogP contribution in [0.1, 0.15) is 13.8 Å². The molecule has 0 amide bonds. The first-order valence-corrected chi connectivity index (χ1v) is 5.82. The molecule has 0 radical (unpaired) electrons. The number of nitrogens with one attached hydrogen (secondary N) is 1. The van der Waals surface area contributed by atoms with Gasteiger partial charge in [-0.15, -0.1) is 0 Å². The fourth-order valence-corrected chi connectivity index (χ4v) is 1.35. The Morgan fingerprint density at radius 3 is 1.89 bits per heavy atom. The zero-order chi connectivity index (χ0) is 13.4. The van der Waals surface area contributed by atoms with Crippen LogP contribution in [0.15, 0.2) is 54.6 Å². The summed E-state index contributed by atoms with van der Waals surface area (Å²) in [4.78, 5) is 10.0. The van der Waals surface area contributed by atoms with Gasteiger partial charge in [-0.1, -0.05) is 32.0 Å². The summed E-state index contributed by atoms with van der Waals surface area (Å²) < 4.78 is 0. The third-order valence-electron chi connectivity index (χ3n) is 2.14. The monoisotopic (exact) mass is 244 g/mol. The molecule has 0 saturated heterocycles. The van der Waals surface area contributed by atoms with Gasteiger partial charge in [-0.25, -0.2) is 0 Å². The molecule has 0 unspecified atom stereocenters. The van der Waals surface area contributed by atoms with Gasteiger partial charge in [0, 0.05) is 23.5 Å². The summed E-state index contributed by atoms with van der Waals surface area (Å²) in [6.45, 7) is 4.00. The van der Waals surface area contributed by atoms with Crippen LogP contribution in [0.4, 0.5) is 17.1 Å². The van der Waals surface area contributed by atoms with E-state index in [0.29, 0.717) is 0 Å². The first-order chi connectivity index (χ1) is 8.75. The molecule has 0 heterocycles. The Kier molecular flexibility index (Phi) is 5.38. The van der Waals surface area contributed by atoms with Gasteiger partial charge in [0.05, 0.1) is 4.92 Å². The SMILES string of the molecule is CC.O=[N+]([O-])c1ccc(Nc2ccccc2)cc1. The van der Waals surface area contributed by atoms with Crippen molar-refractivity contribution in [1.82, 2.24) is 0 Å². The van der Waals surface area contributed by atoms with Crippen molar-refractivity contribution in [2.45, 2.75) is 13.8 Å². The summed E-state index contributed by atoms with van der Waals surface area (Å²) >= 11 is 0. The summed E-state index contributed by atoms with van der Waals surface area (Å²) in [7, 11) is 0. The smallest absolute Gasteiger partial charge is 0.269 e. The zero-order valence-electron chi connectivity index (χ0n) is 10.5. The van der Waals surface area contributed by atoms with Crippen molar-refractivity contribution < 1.29 is 4.92 Å². The van der Waals surface area contributed by atoms with Gasteiger partial charge < -0.3 is 5.32 Å². The van der Waals surface area contributed by atoms with Gasteiger partial charge >= 0.3 is 0 Å². The maximum atomic E-state index is 10.5. The molecule has 0 spiro atoms. The molecule has 0 saturated carbocycles. The summed E-state index contributed by atoms with van der Waals surface area (Å²) in [5.74, 6) is 0. The Morgan fingerprint density at radius 1 is 0.889 bits per heavy atom. The summed E-state index contributed by atoms with van der Waals surface area (Å²) in [5, 5.41) is 13.6. The van der Waals surface area contributed by atoms with Crippen LogP contribution in [0, 0.1) is 10.1 Å². The second kappa shape index (κ2) is 7.06. The summed E-state index contributed by atoms with van der Waals surface area (Å²) in [6.07, 6.45) is 0. The Labute approximate surface area is 106 Å². The van der Waals surface area contributed by atoms with Crippen LogP contribution in [0.2, 0.25) is 0 Å². The van der Waals surface area contributed by atoms with E-state index < -0.39 is 4.92 Å². The fourth-order valence-electron chi connectivity index (χ4n) is 1.35. The first-order valence-electron chi connectivity index (χ1n) is 5.82. The number of nitro benzene ring substituents is 1. The Balaban J connectivity index is 0.000000771. The molecule has 1 N–H and O–H groups in total. The molecule has 0 aromatic heterocycles. The van der Waals surface area contributed by atoms with E-state index >= 15 is 0 Å². The van der Waals surface area contributed by atoms with Crippen molar-refractivity contribution in [2.75, 3.05) is 5.32 Å². The van der Waals surface area contributed by atoms with Crippen LogP contribution in [-0.2, 0) is 0 Å². The standard InChI is InChI=1S/C12H10N2O2.C2H6/c15-14(16)12-8-6-11(7-9-12)13-10-4-2-1-3-5-10;1-2/h1-9,13H;1-2H3. The average molecular weight is 244 g/mol. The van der Waals surface area contributed by atoms with Crippen LogP contribution >= 0.6 is 0 Å². The lowest BCUT2D eigenvalue weighted by Crippen LogP contribution is -1.91. The minimum absolute atomic E-state index is 0.0959. The number of para-hydroxylation sites is 1. The summed E-state index contributed by atoms with van der Waals surface area (Å²) in [5.41, 5.74) is 1.88. The maximum Gasteiger partial charge on any atom is 0.269 e. The number of nitro groups is 1. The van der Waals surface area contributed by atoms with Crippen LogP contribution in [-0.4, -0.2) is 4.92 Å². The molecule has 2 aromatic rings. The Bertz CT molecular complexity index is 481. The van der Waals surface area contributed by atoms with Crippen LogP contribution in [0.25, 0.3) is 0 Å². The molecule has 0 aliphatic heterocycles. The molecule has 2 aromatic carbocycles. The van der Waals surface area contributed by atoms with E-state index in [-0.39, 0.29) is 5.69 Å². The molecular formula is C14H16N2O2. The molecule has 0 aliphatic carbocycles. The minimum atomic E-state index is -0.410. The molecule has 0 aliphatic rings. The van der Waals surface area contributed by atoms with E-state index in [9.17, 15) is 10.1 Å². The largest absolute Gasteiger partial charge is 0.356 e. The second-order valence-electron chi connectivity index (χ2n) is 3.30. The van der Waals surface area contributed by atoms with E-state index in [1.807, 2.05) is 44.2 Å². The predicted octanol–water partition coefficient (Wildman–Crippen LogP) is 4.36. The van der Waals surface area contributed by atoms with Gasteiger partial charge in [0.25, 0.3) is 5.69 Å². The third-order valence-corrected chi connectivity index (χ3v) is 2.14.